The van der Waals surface area contributed by atoms with Crippen LogP contribution in [-0.4, -0.2) is 25.0 Å². The highest BCUT2D eigenvalue weighted by molar-refractivity contribution is 6.75. The van der Waals surface area contributed by atoms with Gasteiger partial charge in [-0.15, -0.1) is 0 Å². The molecule has 0 N–H and O–H groups in total. The van der Waals surface area contributed by atoms with E-state index in [-0.39, 0.29) is 15.1 Å². The van der Waals surface area contributed by atoms with Gasteiger partial charge in [0.15, 0.2) is 0 Å². The van der Waals surface area contributed by atoms with Gasteiger partial charge in [-0.1, -0.05) is 135 Å². The second-order valence-electron chi connectivity index (χ2n) is 20.0. The Bertz CT molecular complexity index is 1780. The van der Waals surface area contributed by atoms with Crippen molar-refractivity contribution in [2.24, 2.45) is 0 Å². The van der Waals surface area contributed by atoms with Crippen molar-refractivity contribution in [3.05, 3.63) is 124 Å². The van der Waals surface area contributed by atoms with Gasteiger partial charge in [0, 0.05) is 28.5 Å². The summed E-state index contributed by atoms with van der Waals surface area (Å²) < 4.78 is 20.0. The average Bonchev–Trinajstić information content (AvgIpc) is 3.72. The lowest BCUT2D eigenvalue weighted by Crippen LogP contribution is -2.40. The minimum absolute atomic E-state index is 0.180. The SMILES string of the molecule is CC(C)(C)[Si](C)(C)OC1=CC(CCC2C=C(O[Si](C)(C)C(C)(C)C)c3ccccc32)c2ccccc21.CC(C)(C)[Si](C)(C)OC1=CCc2ccccc21. The maximum Gasteiger partial charge on any atom is 0.250 e. The molecule has 3 nitrogen and oxygen atoms in total. The Morgan fingerprint density at radius 3 is 1.21 bits per heavy atom. The maximum absolute atomic E-state index is 6.82. The average molecular weight is 765 g/mol. The molecule has 0 spiro atoms. The second kappa shape index (κ2) is 14.9. The number of hydrogen-bond acceptors (Lipinski definition) is 3. The van der Waals surface area contributed by atoms with Crippen LogP contribution in [0.4, 0.5) is 0 Å². The van der Waals surface area contributed by atoms with Gasteiger partial charge in [-0.3, -0.25) is 0 Å². The molecule has 0 saturated carbocycles. The van der Waals surface area contributed by atoms with Gasteiger partial charge in [0.1, 0.15) is 17.3 Å². The molecule has 53 heavy (non-hydrogen) atoms. The topological polar surface area (TPSA) is 27.7 Å². The first-order valence-corrected chi connectivity index (χ1v) is 28.6. The highest BCUT2D eigenvalue weighted by Gasteiger charge is 2.43. The van der Waals surface area contributed by atoms with Crippen molar-refractivity contribution in [2.45, 2.75) is 148 Å². The number of fused-ring (bicyclic) bond motifs is 3. The lowest BCUT2D eigenvalue weighted by Gasteiger charge is -2.37. The van der Waals surface area contributed by atoms with E-state index in [4.69, 9.17) is 13.3 Å². The summed E-state index contributed by atoms with van der Waals surface area (Å²) in [7, 11) is -5.51. The molecule has 3 aliphatic carbocycles. The largest absolute Gasteiger partial charge is 0.543 e. The summed E-state index contributed by atoms with van der Waals surface area (Å²) in [6, 6.07) is 26.2. The second-order valence-corrected chi connectivity index (χ2v) is 34.2. The van der Waals surface area contributed by atoms with Crippen LogP contribution in [0.25, 0.3) is 17.3 Å². The Labute approximate surface area is 326 Å². The number of hydrogen-bond donors (Lipinski definition) is 0. The van der Waals surface area contributed by atoms with Crippen molar-refractivity contribution in [3.8, 4) is 0 Å². The van der Waals surface area contributed by atoms with Gasteiger partial charge in [-0.2, -0.15) is 0 Å². The lowest BCUT2D eigenvalue weighted by molar-refractivity contribution is 0.457. The molecule has 6 rings (SSSR count). The van der Waals surface area contributed by atoms with Crippen molar-refractivity contribution >= 4 is 42.2 Å². The molecule has 0 aromatic heterocycles. The zero-order valence-corrected chi connectivity index (χ0v) is 38.7. The molecular weight excluding hydrogens is 697 g/mol. The van der Waals surface area contributed by atoms with Crippen LogP contribution in [0.1, 0.15) is 120 Å². The Kier molecular flexibility index (Phi) is 11.5. The van der Waals surface area contributed by atoms with E-state index in [1.165, 1.54) is 33.4 Å². The van der Waals surface area contributed by atoms with Gasteiger partial charge in [0.2, 0.25) is 25.0 Å². The van der Waals surface area contributed by atoms with E-state index in [1.54, 1.807) is 0 Å². The summed E-state index contributed by atoms with van der Waals surface area (Å²) in [5.74, 6) is 4.10. The van der Waals surface area contributed by atoms with Crippen LogP contribution in [0.15, 0.2) is 91.0 Å². The van der Waals surface area contributed by atoms with Gasteiger partial charge in [0.05, 0.1) is 0 Å². The summed E-state index contributed by atoms with van der Waals surface area (Å²) in [4.78, 5) is 0. The Hall–Kier alpha value is -3.07. The third kappa shape index (κ3) is 8.92. The molecule has 6 heteroatoms. The van der Waals surface area contributed by atoms with E-state index in [1.807, 2.05) is 0 Å². The minimum atomic E-state index is -1.90. The quantitative estimate of drug-likeness (QED) is 0.203. The summed E-state index contributed by atoms with van der Waals surface area (Å²) >= 11 is 0. The van der Waals surface area contributed by atoms with E-state index >= 15 is 0 Å². The molecule has 2 atom stereocenters. The molecule has 3 aromatic rings. The first-order valence-electron chi connectivity index (χ1n) is 19.9. The molecule has 3 aliphatic rings. The molecule has 0 saturated heterocycles. The molecule has 0 bridgehead atoms. The minimum Gasteiger partial charge on any atom is -0.543 e. The molecule has 2 unspecified atom stereocenters. The van der Waals surface area contributed by atoms with Crippen molar-refractivity contribution in [2.75, 3.05) is 0 Å². The van der Waals surface area contributed by atoms with E-state index in [0.717, 1.165) is 36.5 Å². The fraction of sp³-hybridized carbons (Fsp3) is 0.489. The highest BCUT2D eigenvalue weighted by Crippen LogP contribution is 2.48. The molecule has 0 amide bonds. The van der Waals surface area contributed by atoms with E-state index in [9.17, 15) is 0 Å². The summed E-state index contributed by atoms with van der Waals surface area (Å²) in [5.41, 5.74) is 8.09. The van der Waals surface area contributed by atoms with Gasteiger partial charge >= 0.3 is 0 Å². The molecule has 0 fully saturated rings. The fourth-order valence-electron chi connectivity index (χ4n) is 6.46. The normalized spacial score (nSPS) is 18.5. The third-order valence-corrected chi connectivity index (χ3v) is 26.1. The van der Waals surface area contributed by atoms with Crippen molar-refractivity contribution < 1.29 is 13.3 Å². The monoisotopic (exact) mass is 764 g/mol. The molecule has 286 valence electrons. The first-order chi connectivity index (χ1) is 24.4. The summed E-state index contributed by atoms with van der Waals surface area (Å²) in [5, 5.41) is 0.616. The first kappa shape index (κ1) is 41.1. The number of benzene rings is 3. The molecule has 0 aliphatic heterocycles. The van der Waals surface area contributed by atoms with Crippen LogP contribution in [-0.2, 0) is 19.7 Å². The zero-order valence-electron chi connectivity index (χ0n) is 35.7. The van der Waals surface area contributed by atoms with Crippen molar-refractivity contribution in [1.29, 1.82) is 0 Å². The fourth-order valence-corrected chi connectivity index (χ4v) is 9.58. The molecule has 3 aromatic carbocycles. The van der Waals surface area contributed by atoms with Crippen LogP contribution in [0.5, 0.6) is 0 Å². The van der Waals surface area contributed by atoms with Crippen LogP contribution in [0.3, 0.4) is 0 Å². The van der Waals surface area contributed by atoms with Crippen molar-refractivity contribution in [1.82, 2.24) is 0 Å². The van der Waals surface area contributed by atoms with Gasteiger partial charge in [-0.25, -0.2) is 0 Å². The predicted molar refractivity (Wildman–Crippen MR) is 237 cm³/mol. The smallest absolute Gasteiger partial charge is 0.250 e. The highest BCUT2D eigenvalue weighted by atomic mass is 28.4. The molecular formula is C47H68O3Si3. The molecule has 0 radical (unpaired) electrons. The van der Waals surface area contributed by atoms with Gasteiger partial charge in [-0.05, 0) is 109 Å². The number of allylic oxidation sites excluding steroid dienone is 3. The Morgan fingerprint density at radius 2 is 0.811 bits per heavy atom. The predicted octanol–water partition coefficient (Wildman–Crippen LogP) is 14.7. The maximum atomic E-state index is 6.82. The third-order valence-electron chi connectivity index (χ3n) is 13.0. The Morgan fingerprint density at radius 1 is 0.472 bits per heavy atom. The van der Waals surface area contributed by atoms with Gasteiger partial charge in [0.25, 0.3) is 0 Å². The van der Waals surface area contributed by atoms with E-state index in [2.05, 4.69) is 193 Å². The molecule has 0 heterocycles. The van der Waals surface area contributed by atoms with Crippen LogP contribution >= 0.6 is 0 Å². The van der Waals surface area contributed by atoms with Crippen molar-refractivity contribution in [3.63, 3.8) is 0 Å². The standard InChI is InChI=1S/C32H46O2Si2.C15H22OSi/c1-31(2,3)35(7,8)33-29-21-23(25-15-11-13-17-27(25)29)19-20-24-22-30(28-18-14-12-16-26(24)28)34-36(9,10)32(4,5)6;1-15(2,3)17(4,5)16-14-11-10-12-8-6-7-9-13(12)14/h11-18,21-24H,19-20H2,1-10H3;6-9,11H,10H2,1-5H3. The number of rotatable bonds is 9. The summed E-state index contributed by atoms with van der Waals surface area (Å²) in [6.45, 7) is 34.7. The van der Waals surface area contributed by atoms with E-state index in [0.29, 0.717) is 11.8 Å². The Balaban J connectivity index is 0.000000265. The summed E-state index contributed by atoms with van der Waals surface area (Å²) in [6.07, 6.45) is 10.3. The van der Waals surface area contributed by atoms with Crippen LogP contribution < -0.4 is 0 Å². The van der Waals surface area contributed by atoms with Crippen LogP contribution in [0, 0.1) is 0 Å². The zero-order chi connectivity index (χ0) is 39.2. The lowest BCUT2D eigenvalue weighted by atomic mass is 9.89. The van der Waals surface area contributed by atoms with Gasteiger partial charge < -0.3 is 13.3 Å². The van der Waals surface area contributed by atoms with E-state index < -0.39 is 25.0 Å². The van der Waals surface area contributed by atoms with Crippen LogP contribution in [0.2, 0.25) is 54.4 Å².